The van der Waals surface area contributed by atoms with Gasteiger partial charge in [-0.15, -0.1) is 11.3 Å². The molecule has 0 radical (unpaired) electrons. The van der Waals surface area contributed by atoms with E-state index in [0.29, 0.717) is 18.0 Å². The molecular weight excluding hydrogens is 346 g/mol. The van der Waals surface area contributed by atoms with Gasteiger partial charge in [-0.3, -0.25) is 0 Å². The fourth-order valence-electron chi connectivity index (χ4n) is 3.27. The number of thiazole rings is 1. The number of hydrogen-bond donors (Lipinski definition) is 0. The maximum atomic E-state index is 13.1. The van der Waals surface area contributed by atoms with E-state index in [0.717, 1.165) is 28.1 Å². The summed E-state index contributed by atoms with van der Waals surface area (Å²) in [6.07, 6.45) is 1.60. The Hall–Kier alpha value is -1.77. The predicted octanol–water partition coefficient (Wildman–Crippen LogP) is 3.43. The molecule has 0 amide bonds. The van der Waals surface area contributed by atoms with Gasteiger partial charge < -0.3 is 4.52 Å². The summed E-state index contributed by atoms with van der Waals surface area (Å²) in [4.78, 5) is 4.85. The topological polar surface area (TPSA) is 76.3 Å². The Labute approximate surface area is 144 Å². The molecule has 0 saturated carbocycles. The lowest BCUT2D eigenvalue weighted by Gasteiger charge is -2.22. The van der Waals surface area contributed by atoms with E-state index in [4.69, 9.17) is 4.52 Å². The summed E-state index contributed by atoms with van der Waals surface area (Å²) in [6.45, 7) is 3.79. The molecule has 1 atom stereocenters. The Morgan fingerprint density at radius 1 is 1.29 bits per heavy atom. The van der Waals surface area contributed by atoms with Gasteiger partial charge >= 0.3 is 0 Å². The standard InChI is InChI=1S/C16H17N3O3S2/c1-10-15(11(2)22-18-10)24(20,21)19-9-5-7-13(19)16-17-12-6-3-4-8-14(12)23-16/h3-4,6,8,13H,5,7,9H2,1-2H3/t13-/m0/s1. The maximum absolute atomic E-state index is 13.1. The second-order valence-electron chi connectivity index (χ2n) is 5.95. The first-order valence-corrected chi connectivity index (χ1v) is 10.0. The number of para-hydroxylation sites is 1. The highest BCUT2D eigenvalue weighted by molar-refractivity contribution is 7.89. The van der Waals surface area contributed by atoms with Gasteiger partial charge in [-0.05, 0) is 38.8 Å². The number of aromatic nitrogens is 2. The number of benzene rings is 1. The van der Waals surface area contributed by atoms with E-state index in [1.165, 1.54) is 0 Å². The van der Waals surface area contributed by atoms with Gasteiger partial charge in [0.05, 0.1) is 16.3 Å². The smallest absolute Gasteiger partial charge is 0.249 e. The zero-order chi connectivity index (χ0) is 16.9. The van der Waals surface area contributed by atoms with Crippen LogP contribution in [0.4, 0.5) is 0 Å². The van der Waals surface area contributed by atoms with E-state index < -0.39 is 10.0 Å². The van der Waals surface area contributed by atoms with Crippen LogP contribution in [0, 0.1) is 13.8 Å². The summed E-state index contributed by atoms with van der Waals surface area (Å²) in [5.41, 5.74) is 1.32. The molecule has 8 heteroatoms. The molecule has 3 aromatic rings. The molecule has 1 saturated heterocycles. The maximum Gasteiger partial charge on any atom is 0.249 e. The number of fused-ring (bicyclic) bond motifs is 1. The number of rotatable bonds is 3. The first-order valence-electron chi connectivity index (χ1n) is 7.78. The molecule has 4 rings (SSSR count). The van der Waals surface area contributed by atoms with Crippen molar-refractivity contribution in [3.8, 4) is 0 Å². The molecule has 24 heavy (non-hydrogen) atoms. The fourth-order valence-corrected chi connectivity index (χ4v) is 6.40. The van der Waals surface area contributed by atoms with Crippen LogP contribution >= 0.6 is 11.3 Å². The van der Waals surface area contributed by atoms with Crippen LogP contribution in [0.1, 0.15) is 35.3 Å². The van der Waals surface area contributed by atoms with Crippen molar-refractivity contribution in [3.63, 3.8) is 0 Å². The minimum absolute atomic E-state index is 0.190. The monoisotopic (exact) mass is 363 g/mol. The second kappa shape index (κ2) is 5.65. The van der Waals surface area contributed by atoms with Crippen molar-refractivity contribution in [2.24, 2.45) is 0 Å². The average molecular weight is 363 g/mol. The summed E-state index contributed by atoms with van der Waals surface area (Å²) < 4.78 is 34.0. The van der Waals surface area contributed by atoms with Crippen molar-refractivity contribution in [2.45, 2.75) is 37.6 Å². The molecule has 1 aromatic carbocycles. The Balaban J connectivity index is 1.77. The largest absolute Gasteiger partial charge is 0.360 e. The van der Waals surface area contributed by atoms with Crippen LogP contribution in [0.15, 0.2) is 33.7 Å². The Morgan fingerprint density at radius 3 is 2.79 bits per heavy atom. The number of aryl methyl sites for hydroxylation is 2. The highest BCUT2D eigenvalue weighted by Gasteiger charge is 2.40. The molecule has 0 unspecified atom stereocenters. The third-order valence-electron chi connectivity index (χ3n) is 4.33. The predicted molar refractivity (Wildman–Crippen MR) is 91.5 cm³/mol. The number of sulfonamides is 1. The lowest BCUT2D eigenvalue weighted by molar-refractivity contribution is 0.383. The molecule has 126 valence electrons. The fraction of sp³-hybridized carbons (Fsp3) is 0.375. The SMILES string of the molecule is Cc1noc(C)c1S(=O)(=O)N1CCC[C@H]1c1nc2ccccc2s1. The van der Waals surface area contributed by atoms with E-state index in [-0.39, 0.29) is 10.9 Å². The van der Waals surface area contributed by atoms with Crippen LogP contribution in [0.2, 0.25) is 0 Å². The average Bonchev–Trinajstić information content (AvgIpc) is 3.24. The highest BCUT2D eigenvalue weighted by atomic mass is 32.2. The van der Waals surface area contributed by atoms with Crippen molar-refractivity contribution >= 4 is 31.6 Å². The zero-order valence-electron chi connectivity index (χ0n) is 13.4. The van der Waals surface area contributed by atoms with E-state index >= 15 is 0 Å². The molecule has 2 aromatic heterocycles. The van der Waals surface area contributed by atoms with Crippen molar-refractivity contribution in [2.75, 3.05) is 6.54 Å². The summed E-state index contributed by atoms with van der Waals surface area (Å²) in [6, 6.07) is 7.66. The Bertz CT molecular complexity index is 954. The van der Waals surface area contributed by atoms with Crippen molar-refractivity contribution < 1.29 is 12.9 Å². The summed E-state index contributed by atoms with van der Waals surface area (Å²) in [7, 11) is -3.65. The minimum atomic E-state index is -3.65. The van der Waals surface area contributed by atoms with Gasteiger partial charge in [0.2, 0.25) is 10.0 Å². The van der Waals surface area contributed by atoms with E-state index in [9.17, 15) is 8.42 Å². The van der Waals surface area contributed by atoms with Gasteiger partial charge in [0.15, 0.2) is 5.76 Å². The van der Waals surface area contributed by atoms with Crippen LogP contribution in [-0.4, -0.2) is 29.4 Å². The van der Waals surface area contributed by atoms with Gasteiger partial charge in [0, 0.05) is 6.54 Å². The van der Waals surface area contributed by atoms with E-state index in [1.54, 1.807) is 29.5 Å². The molecule has 1 aliphatic rings. The van der Waals surface area contributed by atoms with E-state index in [1.807, 2.05) is 24.3 Å². The lowest BCUT2D eigenvalue weighted by atomic mass is 10.2. The lowest BCUT2D eigenvalue weighted by Crippen LogP contribution is -2.31. The second-order valence-corrected chi connectivity index (χ2v) is 8.84. The molecule has 1 aliphatic heterocycles. The molecule has 0 bridgehead atoms. The summed E-state index contributed by atoms with van der Waals surface area (Å²) in [5.74, 6) is 0.336. The molecule has 3 heterocycles. The van der Waals surface area contributed by atoms with Gasteiger partial charge in [-0.25, -0.2) is 13.4 Å². The van der Waals surface area contributed by atoms with Crippen molar-refractivity contribution in [1.82, 2.24) is 14.4 Å². The van der Waals surface area contributed by atoms with Crippen LogP contribution in [0.25, 0.3) is 10.2 Å². The van der Waals surface area contributed by atoms with E-state index in [2.05, 4.69) is 10.1 Å². The van der Waals surface area contributed by atoms with Crippen LogP contribution in [0.3, 0.4) is 0 Å². The molecule has 0 spiro atoms. The zero-order valence-corrected chi connectivity index (χ0v) is 15.0. The van der Waals surface area contributed by atoms with Gasteiger partial charge in [0.25, 0.3) is 0 Å². The first kappa shape index (κ1) is 15.7. The van der Waals surface area contributed by atoms with Gasteiger partial charge in [0.1, 0.15) is 15.6 Å². The number of nitrogens with zero attached hydrogens (tertiary/aromatic N) is 3. The van der Waals surface area contributed by atoms with Crippen LogP contribution in [0.5, 0.6) is 0 Å². The molecule has 6 nitrogen and oxygen atoms in total. The summed E-state index contributed by atoms with van der Waals surface area (Å²) >= 11 is 1.56. The van der Waals surface area contributed by atoms with Gasteiger partial charge in [-0.2, -0.15) is 4.31 Å². The minimum Gasteiger partial charge on any atom is -0.360 e. The molecule has 0 N–H and O–H groups in total. The van der Waals surface area contributed by atoms with Crippen LogP contribution in [-0.2, 0) is 10.0 Å². The highest BCUT2D eigenvalue weighted by Crippen LogP contribution is 2.40. The normalized spacial score (nSPS) is 19.3. The Morgan fingerprint density at radius 2 is 2.08 bits per heavy atom. The van der Waals surface area contributed by atoms with Crippen LogP contribution < -0.4 is 0 Å². The third kappa shape index (κ3) is 2.37. The molecule has 0 aliphatic carbocycles. The first-order chi connectivity index (χ1) is 11.5. The number of hydrogen-bond acceptors (Lipinski definition) is 6. The van der Waals surface area contributed by atoms with Crippen molar-refractivity contribution in [1.29, 1.82) is 0 Å². The van der Waals surface area contributed by atoms with Gasteiger partial charge in [-0.1, -0.05) is 17.3 Å². The van der Waals surface area contributed by atoms with Crippen molar-refractivity contribution in [3.05, 3.63) is 40.7 Å². The molecular formula is C16H17N3O3S2. The third-order valence-corrected chi connectivity index (χ3v) is 7.62. The quantitative estimate of drug-likeness (QED) is 0.712. The Kier molecular flexibility index (Phi) is 3.70. The molecule has 1 fully saturated rings. The summed E-state index contributed by atoms with van der Waals surface area (Å²) in [5, 5.41) is 4.64.